The minimum absolute atomic E-state index is 0.964. The summed E-state index contributed by atoms with van der Waals surface area (Å²) in [6, 6.07) is 0. The third-order valence-electron chi connectivity index (χ3n) is 3.43. The summed E-state index contributed by atoms with van der Waals surface area (Å²) >= 11 is 0. The first-order chi connectivity index (χ1) is 4.61. The second kappa shape index (κ2) is 2.94. The highest BCUT2D eigenvalue weighted by molar-refractivity contribution is 4.77. The lowest BCUT2D eigenvalue weighted by Gasteiger charge is -2.35. The van der Waals surface area contributed by atoms with Crippen molar-refractivity contribution in [3.8, 4) is 0 Å². The van der Waals surface area contributed by atoms with Crippen LogP contribution in [0.15, 0.2) is 0 Å². The standard InChI is InChI=1S/C10H20/c1-7-5-9(3)10(4)6-8(7)2/h7-10H,5-6H2,1-4H3/t7-,8?,9?,10-/m1/s1. The predicted octanol–water partition coefficient (Wildman–Crippen LogP) is 3.32. The molecule has 2 unspecified atom stereocenters. The van der Waals surface area contributed by atoms with Gasteiger partial charge in [-0.3, -0.25) is 0 Å². The van der Waals surface area contributed by atoms with Gasteiger partial charge < -0.3 is 0 Å². The molecule has 0 spiro atoms. The van der Waals surface area contributed by atoms with Gasteiger partial charge >= 0.3 is 0 Å². The Morgan fingerprint density at radius 2 is 0.800 bits per heavy atom. The predicted molar refractivity (Wildman–Crippen MR) is 45.9 cm³/mol. The normalized spacial score (nSPS) is 49.2. The quantitative estimate of drug-likeness (QED) is 0.484. The molecule has 0 nitrogen and oxygen atoms in total. The second-order valence-electron chi connectivity index (χ2n) is 4.38. The van der Waals surface area contributed by atoms with Crippen molar-refractivity contribution in [3.05, 3.63) is 0 Å². The Morgan fingerprint density at radius 3 is 1.00 bits per heavy atom. The van der Waals surface area contributed by atoms with E-state index in [0.29, 0.717) is 0 Å². The zero-order chi connectivity index (χ0) is 7.72. The summed E-state index contributed by atoms with van der Waals surface area (Å²) in [5.41, 5.74) is 0. The van der Waals surface area contributed by atoms with Crippen molar-refractivity contribution >= 4 is 0 Å². The Kier molecular flexibility index (Phi) is 2.38. The average Bonchev–Trinajstić information content (AvgIpc) is 1.84. The van der Waals surface area contributed by atoms with Gasteiger partial charge in [0.1, 0.15) is 0 Å². The summed E-state index contributed by atoms with van der Waals surface area (Å²) in [7, 11) is 0. The fourth-order valence-corrected chi connectivity index (χ4v) is 2.10. The second-order valence-corrected chi connectivity index (χ2v) is 4.38. The van der Waals surface area contributed by atoms with Crippen molar-refractivity contribution in [1.29, 1.82) is 0 Å². The first kappa shape index (κ1) is 8.10. The van der Waals surface area contributed by atoms with Crippen LogP contribution in [-0.2, 0) is 0 Å². The third kappa shape index (κ3) is 1.53. The molecule has 0 bridgehead atoms. The maximum absolute atomic E-state index is 2.40. The summed E-state index contributed by atoms with van der Waals surface area (Å²) in [5.74, 6) is 3.86. The lowest BCUT2D eigenvalue weighted by Crippen LogP contribution is -2.25. The number of rotatable bonds is 0. The SMILES string of the molecule is CC1C[C@@H](C)C(C)C[C@H]1C. The van der Waals surface area contributed by atoms with Crippen LogP contribution in [0.3, 0.4) is 0 Å². The van der Waals surface area contributed by atoms with Crippen molar-refractivity contribution in [2.75, 3.05) is 0 Å². The molecular weight excluding hydrogens is 120 g/mol. The molecule has 1 saturated carbocycles. The van der Waals surface area contributed by atoms with Gasteiger partial charge in [-0.2, -0.15) is 0 Å². The maximum Gasteiger partial charge on any atom is -0.0414 e. The summed E-state index contributed by atoms with van der Waals surface area (Å²) < 4.78 is 0. The number of hydrogen-bond donors (Lipinski definition) is 0. The van der Waals surface area contributed by atoms with Crippen LogP contribution in [0, 0.1) is 23.7 Å². The molecule has 60 valence electrons. The van der Waals surface area contributed by atoms with Gasteiger partial charge in [0.15, 0.2) is 0 Å². The first-order valence-electron chi connectivity index (χ1n) is 4.61. The molecular formula is C10H20. The molecule has 0 heterocycles. The van der Waals surface area contributed by atoms with Crippen LogP contribution in [0.5, 0.6) is 0 Å². The molecule has 10 heavy (non-hydrogen) atoms. The monoisotopic (exact) mass is 140 g/mol. The van der Waals surface area contributed by atoms with Gasteiger partial charge in [0, 0.05) is 0 Å². The Balaban J connectivity index is 2.46. The molecule has 1 aliphatic rings. The Morgan fingerprint density at radius 1 is 0.600 bits per heavy atom. The molecule has 1 fully saturated rings. The van der Waals surface area contributed by atoms with Crippen LogP contribution in [0.25, 0.3) is 0 Å². The fraction of sp³-hybridized carbons (Fsp3) is 1.00. The van der Waals surface area contributed by atoms with E-state index in [9.17, 15) is 0 Å². The van der Waals surface area contributed by atoms with E-state index in [-0.39, 0.29) is 0 Å². The van der Waals surface area contributed by atoms with Crippen molar-refractivity contribution in [2.24, 2.45) is 23.7 Å². The van der Waals surface area contributed by atoms with E-state index in [2.05, 4.69) is 27.7 Å². The van der Waals surface area contributed by atoms with Gasteiger partial charge in [0.2, 0.25) is 0 Å². The van der Waals surface area contributed by atoms with Crippen molar-refractivity contribution in [3.63, 3.8) is 0 Å². The van der Waals surface area contributed by atoms with Crippen molar-refractivity contribution < 1.29 is 0 Å². The van der Waals surface area contributed by atoms with Crippen LogP contribution in [0.2, 0.25) is 0 Å². The van der Waals surface area contributed by atoms with Crippen LogP contribution < -0.4 is 0 Å². The molecule has 4 atom stereocenters. The van der Waals surface area contributed by atoms with E-state index in [1.807, 2.05) is 0 Å². The first-order valence-corrected chi connectivity index (χ1v) is 4.61. The molecule has 0 amide bonds. The molecule has 0 aliphatic heterocycles. The Labute approximate surface area is 65.0 Å². The van der Waals surface area contributed by atoms with E-state index < -0.39 is 0 Å². The van der Waals surface area contributed by atoms with Gasteiger partial charge in [-0.25, -0.2) is 0 Å². The van der Waals surface area contributed by atoms with Gasteiger partial charge in [0.05, 0.1) is 0 Å². The zero-order valence-electron chi connectivity index (χ0n) is 7.72. The zero-order valence-corrected chi connectivity index (χ0v) is 7.72. The topological polar surface area (TPSA) is 0 Å². The summed E-state index contributed by atoms with van der Waals surface area (Å²) in [6.07, 6.45) is 2.89. The smallest absolute Gasteiger partial charge is 0.0414 e. The summed E-state index contributed by atoms with van der Waals surface area (Å²) in [6.45, 7) is 9.58. The molecule has 0 aromatic carbocycles. The van der Waals surface area contributed by atoms with Gasteiger partial charge in [-0.15, -0.1) is 0 Å². The van der Waals surface area contributed by atoms with E-state index in [1.165, 1.54) is 12.8 Å². The lowest BCUT2D eigenvalue weighted by atomic mass is 9.71. The van der Waals surface area contributed by atoms with E-state index in [1.54, 1.807) is 0 Å². The van der Waals surface area contributed by atoms with Gasteiger partial charge in [-0.1, -0.05) is 27.7 Å². The van der Waals surface area contributed by atoms with Crippen LogP contribution in [0.1, 0.15) is 40.5 Å². The lowest BCUT2D eigenvalue weighted by molar-refractivity contribution is 0.157. The molecule has 0 saturated heterocycles. The highest BCUT2D eigenvalue weighted by atomic mass is 14.3. The minimum Gasteiger partial charge on any atom is -0.0622 e. The molecule has 1 rings (SSSR count). The molecule has 0 heteroatoms. The van der Waals surface area contributed by atoms with Crippen LogP contribution in [-0.4, -0.2) is 0 Å². The van der Waals surface area contributed by atoms with Crippen molar-refractivity contribution in [1.82, 2.24) is 0 Å². The maximum atomic E-state index is 2.40. The van der Waals surface area contributed by atoms with E-state index in [4.69, 9.17) is 0 Å². The fourth-order valence-electron chi connectivity index (χ4n) is 2.10. The summed E-state index contributed by atoms with van der Waals surface area (Å²) in [5, 5.41) is 0. The highest BCUT2D eigenvalue weighted by Crippen LogP contribution is 2.36. The van der Waals surface area contributed by atoms with Crippen LogP contribution in [0.4, 0.5) is 0 Å². The van der Waals surface area contributed by atoms with E-state index >= 15 is 0 Å². The Hall–Kier alpha value is 0. The van der Waals surface area contributed by atoms with Gasteiger partial charge in [0.25, 0.3) is 0 Å². The molecule has 0 aromatic heterocycles. The van der Waals surface area contributed by atoms with E-state index in [0.717, 1.165) is 23.7 Å². The molecule has 0 radical (unpaired) electrons. The minimum atomic E-state index is 0.964. The summed E-state index contributed by atoms with van der Waals surface area (Å²) in [4.78, 5) is 0. The molecule has 0 aromatic rings. The third-order valence-corrected chi connectivity index (χ3v) is 3.43. The van der Waals surface area contributed by atoms with Crippen molar-refractivity contribution in [2.45, 2.75) is 40.5 Å². The van der Waals surface area contributed by atoms with Gasteiger partial charge in [-0.05, 0) is 36.5 Å². The number of hydrogen-bond acceptors (Lipinski definition) is 0. The average molecular weight is 140 g/mol. The largest absolute Gasteiger partial charge is 0.0622 e. The Bertz CT molecular complexity index is 80.6. The van der Waals surface area contributed by atoms with Crippen LogP contribution >= 0.6 is 0 Å². The molecule has 1 aliphatic carbocycles. The molecule has 0 N–H and O–H groups in total. The highest BCUT2D eigenvalue weighted by Gasteiger charge is 2.26.